The van der Waals surface area contributed by atoms with Crippen molar-refractivity contribution in [1.29, 1.82) is 0 Å². The van der Waals surface area contributed by atoms with Crippen molar-refractivity contribution >= 4 is 62.3 Å². The lowest BCUT2D eigenvalue weighted by Gasteiger charge is -2.32. The van der Waals surface area contributed by atoms with Crippen LogP contribution in [-0.2, 0) is 26.2 Å². The Bertz CT molecular complexity index is 1270. The van der Waals surface area contributed by atoms with Gasteiger partial charge in [0.2, 0.25) is 21.8 Å². The topological polar surface area (TPSA) is 96.0 Å². The summed E-state index contributed by atoms with van der Waals surface area (Å²) in [6.45, 7) is 7.38. The van der Waals surface area contributed by atoms with E-state index in [0.29, 0.717) is 27.0 Å². The van der Waals surface area contributed by atoms with E-state index in [1.54, 1.807) is 37.3 Å². The molecule has 0 fully saturated rings. The Morgan fingerprint density at radius 3 is 2.21 bits per heavy atom. The molecule has 0 aliphatic heterocycles. The second-order valence-electron chi connectivity index (χ2n) is 9.94. The molecule has 0 spiro atoms. The monoisotopic (exact) mass is 605 g/mol. The average Bonchev–Trinajstić information content (AvgIpc) is 2.80. The van der Waals surface area contributed by atoms with Gasteiger partial charge in [0.25, 0.3) is 0 Å². The van der Waals surface area contributed by atoms with Gasteiger partial charge in [0.05, 0.1) is 34.1 Å². The summed E-state index contributed by atoms with van der Waals surface area (Å²) in [7, 11) is -2.20. The summed E-state index contributed by atoms with van der Waals surface area (Å²) in [5.41, 5.74) is 0.573. The molecule has 210 valence electrons. The third-order valence-electron chi connectivity index (χ3n) is 5.58. The van der Waals surface area contributed by atoms with Crippen LogP contribution in [0.15, 0.2) is 36.4 Å². The molecule has 38 heavy (non-hydrogen) atoms. The molecular weight excluding hydrogens is 573 g/mol. The second kappa shape index (κ2) is 13.2. The van der Waals surface area contributed by atoms with E-state index in [1.165, 1.54) is 22.4 Å². The molecule has 0 radical (unpaired) electrons. The average molecular weight is 607 g/mol. The second-order valence-corrected chi connectivity index (χ2v) is 13.1. The minimum Gasteiger partial charge on any atom is -0.495 e. The molecule has 0 aliphatic carbocycles. The van der Waals surface area contributed by atoms with Crippen LogP contribution in [0.3, 0.4) is 0 Å². The van der Waals surface area contributed by atoms with Crippen LogP contribution in [0.4, 0.5) is 5.69 Å². The molecule has 0 saturated carbocycles. The molecule has 2 amide bonds. The first-order valence-electron chi connectivity index (χ1n) is 11.9. The van der Waals surface area contributed by atoms with Crippen molar-refractivity contribution in [3.63, 3.8) is 0 Å². The first-order chi connectivity index (χ1) is 17.5. The summed E-state index contributed by atoms with van der Waals surface area (Å²) in [5.74, 6) is -0.204. The predicted octanol–water partition coefficient (Wildman–Crippen LogP) is 5.53. The van der Waals surface area contributed by atoms with Gasteiger partial charge in [0.1, 0.15) is 11.8 Å². The number of sulfonamides is 1. The third-order valence-corrected chi connectivity index (χ3v) is 7.81. The van der Waals surface area contributed by atoms with Crippen LogP contribution in [0, 0.1) is 0 Å². The quantitative estimate of drug-likeness (QED) is 0.363. The normalized spacial score (nSPS) is 12.6. The van der Waals surface area contributed by atoms with Gasteiger partial charge >= 0.3 is 0 Å². The Balaban J connectivity index is 2.24. The number of amides is 2. The molecule has 2 aromatic rings. The molecule has 0 saturated heterocycles. The SMILES string of the molecule is COc1ccc(N(CCCC(=O)N(Cc2ccc(Cl)c(Cl)c2)[C@@H](C)C(=O)NC(C)(C)C)S(C)(=O)=O)cc1Cl. The fourth-order valence-electron chi connectivity index (χ4n) is 3.71. The number of ether oxygens (including phenoxy) is 1. The smallest absolute Gasteiger partial charge is 0.242 e. The Labute approximate surface area is 240 Å². The predicted molar refractivity (Wildman–Crippen MR) is 154 cm³/mol. The van der Waals surface area contributed by atoms with Crippen LogP contribution in [0.5, 0.6) is 5.75 Å². The van der Waals surface area contributed by atoms with Gasteiger partial charge in [-0.1, -0.05) is 40.9 Å². The molecule has 1 atom stereocenters. The van der Waals surface area contributed by atoms with Crippen molar-refractivity contribution in [3.05, 3.63) is 57.0 Å². The summed E-state index contributed by atoms with van der Waals surface area (Å²) in [5, 5.41) is 3.88. The van der Waals surface area contributed by atoms with E-state index in [4.69, 9.17) is 39.5 Å². The van der Waals surface area contributed by atoms with Crippen LogP contribution in [-0.4, -0.2) is 56.6 Å². The van der Waals surface area contributed by atoms with Gasteiger partial charge in [0, 0.05) is 25.0 Å². The fraction of sp³-hybridized carbons (Fsp3) is 0.462. The van der Waals surface area contributed by atoms with Gasteiger partial charge in [0.15, 0.2) is 0 Å². The van der Waals surface area contributed by atoms with Gasteiger partial charge in [-0.25, -0.2) is 8.42 Å². The van der Waals surface area contributed by atoms with E-state index in [9.17, 15) is 18.0 Å². The van der Waals surface area contributed by atoms with Crippen LogP contribution >= 0.6 is 34.8 Å². The van der Waals surface area contributed by atoms with E-state index in [-0.39, 0.29) is 42.8 Å². The van der Waals surface area contributed by atoms with Crippen molar-refractivity contribution < 1.29 is 22.7 Å². The summed E-state index contributed by atoms with van der Waals surface area (Å²) in [6, 6.07) is 8.89. The minimum absolute atomic E-state index is 0.00433. The number of nitrogens with zero attached hydrogens (tertiary/aromatic N) is 2. The molecule has 0 bridgehead atoms. The molecule has 1 N–H and O–H groups in total. The van der Waals surface area contributed by atoms with Crippen LogP contribution in [0.25, 0.3) is 0 Å². The molecular formula is C26H34Cl3N3O5S. The van der Waals surface area contributed by atoms with E-state index in [2.05, 4.69) is 5.32 Å². The highest BCUT2D eigenvalue weighted by molar-refractivity contribution is 7.92. The lowest BCUT2D eigenvalue weighted by atomic mass is 10.1. The Hall–Kier alpha value is -2.20. The van der Waals surface area contributed by atoms with Crippen molar-refractivity contribution in [2.75, 3.05) is 24.2 Å². The van der Waals surface area contributed by atoms with Crippen molar-refractivity contribution in [2.24, 2.45) is 0 Å². The number of rotatable bonds is 11. The highest BCUT2D eigenvalue weighted by atomic mass is 35.5. The molecule has 2 rings (SSSR count). The number of benzene rings is 2. The Morgan fingerprint density at radius 1 is 1.03 bits per heavy atom. The first-order valence-corrected chi connectivity index (χ1v) is 14.9. The van der Waals surface area contributed by atoms with Crippen molar-refractivity contribution in [1.82, 2.24) is 10.2 Å². The highest BCUT2D eigenvalue weighted by Gasteiger charge is 2.29. The minimum atomic E-state index is -3.66. The van der Waals surface area contributed by atoms with Gasteiger partial charge in [-0.05, 0) is 70.0 Å². The number of halogens is 3. The lowest BCUT2D eigenvalue weighted by molar-refractivity contribution is -0.141. The number of carbonyl (C=O) groups excluding carboxylic acids is 2. The van der Waals surface area contributed by atoms with E-state index in [1.807, 2.05) is 20.8 Å². The standard InChI is InChI=1S/C26H34Cl3N3O5S/c1-17(25(34)30-26(2,3)4)31(16-18-9-11-20(27)21(28)14-18)24(33)8-7-13-32(38(6,35)36)19-10-12-23(37-5)22(29)15-19/h9-12,14-15,17H,7-8,13,16H2,1-6H3,(H,30,34)/t17-/m0/s1. The molecule has 12 heteroatoms. The zero-order valence-corrected chi connectivity index (χ0v) is 25.4. The molecule has 8 nitrogen and oxygen atoms in total. The van der Waals surface area contributed by atoms with Gasteiger partial charge in [-0.15, -0.1) is 0 Å². The summed E-state index contributed by atoms with van der Waals surface area (Å²) in [4.78, 5) is 27.8. The summed E-state index contributed by atoms with van der Waals surface area (Å²) < 4.78 is 31.4. The Morgan fingerprint density at radius 2 is 1.68 bits per heavy atom. The van der Waals surface area contributed by atoms with Crippen LogP contribution in [0.2, 0.25) is 15.1 Å². The summed E-state index contributed by atoms with van der Waals surface area (Å²) >= 11 is 18.4. The van der Waals surface area contributed by atoms with Crippen LogP contribution < -0.4 is 14.4 Å². The molecule has 0 unspecified atom stereocenters. The number of hydrogen-bond donors (Lipinski definition) is 1. The zero-order valence-electron chi connectivity index (χ0n) is 22.3. The first kappa shape index (κ1) is 32.0. The molecule has 0 aliphatic rings. The number of carbonyl (C=O) groups is 2. The summed E-state index contributed by atoms with van der Waals surface area (Å²) in [6.07, 6.45) is 1.30. The van der Waals surface area contributed by atoms with Crippen LogP contribution in [0.1, 0.15) is 46.1 Å². The highest BCUT2D eigenvalue weighted by Crippen LogP contribution is 2.30. The van der Waals surface area contributed by atoms with Gasteiger partial charge in [-0.2, -0.15) is 0 Å². The van der Waals surface area contributed by atoms with Gasteiger partial charge in [-0.3, -0.25) is 13.9 Å². The zero-order chi connectivity index (χ0) is 28.8. The maximum atomic E-state index is 13.4. The van der Waals surface area contributed by atoms with Gasteiger partial charge < -0.3 is 15.0 Å². The molecule has 0 heterocycles. The van der Waals surface area contributed by atoms with E-state index in [0.717, 1.165) is 6.26 Å². The number of hydrogen-bond acceptors (Lipinski definition) is 5. The fourth-order valence-corrected chi connectivity index (χ4v) is 5.24. The number of nitrogens with one attached hydrogen (secondary N) is 1. The number of methoxy groups -OCH3 is 1. The molecule has 2 aromatic carbocycles. The van der Waals surface area contributed by atoms with E-state index >= 15 is 0 Å². The largest absolute Gasteiger partial charge is 0.495 e. The third kappa shape index (κ3) is 9.22. The Kier molecular flexibility index (Phi) is 11.2. The van der Waals surface area contributed by atoms with E-state index < -0.39 is 21.6 Å². The maximum Gasteiger partial charge on any atom is 0.242 e. The lowest BCUT2D eigenvalue weighted by Crippen LogP contribution is -2.52. The molecule has 0 aromatic heterocycles. The van der Waals surface area contributed by atoms with Crippen molar-refractivity contribution in [2.45, 2.75) is 58.7 Å². The van der Waals surface area contributed by atoms with Crippen molar-refractivity contribution in [3.8, 4) is 5.75 Å². The maximum absolute atomic E-state index is 13.4. The number of anilines is 1.